The van der Waals surface area contributed by atoms with Crippen molar-refractivity contribution >= 4 is 50.0 Å². The van der Waals surface area contributed by atoms with Crippen molar-refractivity contribution in [3.63, 3.8) is 0 Å². The number of benzene rings is 1. The van der Waals surface area contributed by atoms with Crippen molar-refractivity contribution in [2.45, 2.75) is 45.2 Å². The summed E-state index contributed by atoms with van der Waals surface area (Å²) in [5.74, 6) is -1.13. The number of nitrogens with zero attached hydrogens (tertiary/aromatic N) is 2. The first kappa shape index (κ1) is 23.4. The van der Waals surface area contributed by atoms with Crippen LogP contribution in [0.25, 0.3) is 21.1 Å². The third-order valence-electron chi connectivity index (χ3n) is 7.01. The number of methoxy groups -OCH3 is 1. The van der Waals surface area contributed by atoms with Gasteiger partial charge in [-0.3, -0.25) is 9.59 Å². The van der Waals surface area contributed by atoms with Crippen LogP contribution >= 0.6 is 11.3 Å². The average molecular weight is 504 g/mol. The summed E-state index contributed by atoms with van der Waals surface area (Å²) in [4.78, 5) is 39.0. The SMILES string of the molecule is COc1c(N2CCC([C@H](C)NC(=O)O)C2)c(F)cc2c(=O)c3c(O)c(C(C)=O)sc3n(C3CC3)c12. The molecule has 2 aliphatic rings. The minimum absolute atomic E-state index is 0.0219. The molecule has 2 aromatic heterocycles. The number of anilines is 1. The van der Waals surface area contributed by atoms with Crippen LogP contribution in [-0.2, 0) is 0 Å². The number of ketones is 1. The summed E-state index contributed by atoms with van der Waals surface area (Å²) in [6, 6.07) is 0.914. The summed E-state index contributed by atoms with van der Waals surface area (Å²) in [5.41, 5.74) is 0.127. The second-order valence-corrected chi connectivity index (χ2v) is 10.3. The Morgan fingerprint density at radius 1 is 1.31 bits per heavy atom. The van der Waals surface area contributed by atoms with Crippen molar-refractivity contribution in [1.82, 2.24) is 9.88 Å². The Labute approximate surface area is 203 Å². The standard InChI is InChI=1S/C24H26FN3O6S/c1-10(26-24(32)33)12-6-7-27(9-12)18-15(25)8-14-17(21(18)34-3)28(13-4-5-13)23-16(19(14)30)20(31)22(35-23)11(2)29/h8,10,12-13,26,31H,4-7,9H2,1-3H3,(H,32,33)/t10-,12?/m0/s1. The van der Waals surface area contributed by atoms with Gasteiger partial charge in [0.25, 0.3) is 0 Å². The highest BCUT2D eigenvalue weighted by Crippen LogP contribution is 2.49. The molecular formula is C24H26FN3O6S. The number of fused-ring (bicyclic) bond motifs is 2. The van der Waals surface area contributed by atoms with E-state index in [0.29, 0.717) is 29.9 Å². The summed E-state index contributed by atoms with van der Waals surface area (Å²) < 4.78 is 23.3. The van der Waals surface area contributed by atoms with Crippen LogP contribution in [0.15, 0.2) is 10.9 Å². The molecule has 3 heterocycles. The number of hydrogen-bond acceptors (Lipinski definition) is 7. The van der Waals surface area contributed by atoms with Gasteiger partial charge in [-0.25, -0.2) is 9.18 Å². The second kappa shape index (κ2) is 8.40. The van der Waals surface area contributed by atoms with E-state index in [2.05, 4.69) is 5.32 Å². The van der Waals surface area contributed by atoms with E-state index in [0.717, 1.165) is 24.2 Å². The van der Waals surface area contributed by atoms with Gasteiger partial charge in [0.15, 0.2) is 23.1 Å². The summed E-state index contributed by atoms with van der Waals surface area (Å²) >= 11 is 1.06. The number of ether oxygens (including phenoxy) is 1. The quantitative estimate of drug-likeness (QED) is 0.433. The zero-order chi connectivity index (χ0) is 25.2. The molecule has 3 aromatic rings. The van der Waals surface area contributed by atoms with E-state index in [1.807, 2.05) is 9.47 Å². The summed E-state index contributed by atoms with van der Waals surface area (Å²) in [7, 11) is 1.43. The van der Waals surface area contributed by atoms with Crippen LogP contribution in [0.2, 0.25) is 0 Å². The number of rotatable bonds is 6. The Balaban J connectivity index is 1.74. The predicted octanol–water partition coefficient (Wildman–Crippen LogP) is 4.09. The Bertz CT molecular complexity index is 1440. The molecule has 1 saturated carbocycles. The molecule has 0 radical (unpaired) electrons. The number of hydrogen-bond donors (Lipinski definition) is 3. The number of thiophene rings is 1. The maximum absolute atomic E-state index is 15.6. The van der Waals surface area contributed by atoms with Crippen LogP contribution in [0.5, 0.6) is 11.5 Å². The molecule has 1 saturated heterocycles. The third-order valence-corrected chi connectivity index (χ3v) is 8.29. The molecular weight excluding hydrogens is 477 g/mol. The molecule has 2 atom stereocenters. The lowest BCUT2D eigenvalue weighted by Crippen LogP contribution is -2.38. The van der Waals surface area contributed by atoms with Gasteiger partial charge in [0.1, 0.15) is 20.8 Å². The fraction of sp³-hybridized carbons (Fsp3) is 0.458. The van der Waals surface area contributed by atoms with Gasteiger partial charge in [-0.1, -0.05) is 0 Å². The largest absolute Gasteiger partial charge is 0.505 e. The highest BCUT2D eigenvalue weighted by Gasteiger charge is 2.36. The fourth-order valence-electron chi connectivity index (χ4n) is 5.16. The summed E-state index contributed by atoms with van der Waals surface area (Å²) in [6.07, 6.45) is 1.26. The second-order valence-electron chi connectivity index (χ2n) is 9.32. The van der Waals surface area contributed by atoms with Gasteiger partial charge in [0, 0.05) is 32.1 Å². The van der Waals surface area contributed by atoms with Crippen LogP contribution < -0.4 is 20.4 Å². The predicted molar refractivity (Wildman–Crippen MR) is 131 cm³/mol. The molecule has 9 nitrogen and oxygen atoms in total. The Kier molecular flexibility index (Phi) is 5.62. The van der Waals surface area contributed by atoms with Crippen LogP contribution in [0.1, 0.15) is 48.8 Å². The van der Waals surface area contributed by atoms with Crippen molar-refractivity contribution in [3.05, 3.63) is 27.0 Å². The molecule has 2 fully saturated rings. The van der Waals surface area contributed by atoms with Gasteiger partial charge in [-0.05, 0) is 38.2 Å². The zero-order valence-electron chi connectivity index (χ0n) is 19.6. The Morgan fingerprint density at radius 2 is 2.03 bits per heavy atom. The molecule has 1 aromatic carbocycles. The number of carbonyl (C=O) groups excluding carboxylic acids is 1. The van der Waals surface area contributed by atoms with E-state index in [-0.39, 0.29) is 56.6 Å². The lowest BCUT2D eigenvalue weighted by Gasteiger charge is -2.26. The number of carboxylic acid groups (broad SMARTS) is 1. The highest BCUT2D eigenvalue weighted by atomic mass is 32.1. The number of halogens is 1. The van der Waals surface area contributed by atoms with E-state index in [1.165, 1.54) is 20.1 Å². The fourth-order valence-corrected chi connectivity index (χ4v) is 6.32. The van der Waals surface area contributed by atoms with E-state index < -0.39 is 17.3 Å². The number of carbonyl (C=O) groups is 2. The Morgan fingerprint density at radius 3 is 2.63 bits per heavy atom. The average Bonchev–Trinajstić information content (AvgIpc) is 3.39. The normalized spacial score (nSPS) is 18.9. The van der Waals surface area contributed by atoms with Crippen LogP contribution in [0, 0.1) is 11.7 Å². The molecule has 5 rings (SSSR count). The van der Waals surface area contributed by atoms with E-state index in [4.69, 9.17) is 9.84 Å². The zero-order valence-corrected chi connectivity index (χ0v) is 20.4. The molecule has 1 aliphatic carbocycles. The van der Waals surface area contributed by atoms with E-state index >= 15 is 4.39 Å². The molecule has 186 valence electrons. The van der Waals surface area contributed by atoms with Crippen molar-refractivity contribution in [2.24, 2.45) is 5.92 Å². The molecule has 11 heteroatoms. The molecule has 0 bridgehead atoms. The first-order valence-corrected chi connectivity index (χ1v) is 12.3. The van der Waals surface area contributed by atoms with Gasteiger partial charge >= 0.3 is 6.09 Å². The third kappa shape index (κ3) is 3.69. The topological polar surface area (TPSA) is 121 Å². The molecule has 3 N–H and O–H groups in total. The maximum atomic E-state index is 15.6. The molecule has 1 aliphatic heterocycles. The summed E-state index contributed by atoms with van der Waals surface area (Å²) in [6.45, 7) is 4.04. The van der Waals surface area contributed by atoms with E-state index in [9.17, 15) is 19.5 Å². The Hall–Kier alpha value is -3.34. The lowest BCUT2D eigenvalue weighted by molar-refractivity contribution is 0.101. The van der Waals surface area contributed by atoms with Gasteiger partial charge in [0.05, 0.1) is 18.0 Å². The number of Topliss-reactive ketones (excluding diaryl/α,β-unsaturated/α-hetero) is 1. The molecule has 1 unspecified atom stereocenters. The smallest absolute Gasteiger partial charge is 0.404 e. The minimum atomic E-state index is -1.10. The first-order chi connectivity index (χ1) is 16.6. The summed E-state index contributed by atoms with van der Waals surface area (Å²) in [5, 5.41) is 22.3. The van der Waals surface area contributed by atoms with Crippen molar-refractivity contribution in [2.75, 3.05) is 25.1 Å². The minimum Gasteiger partial charge on any atom is -0.505 e. The highest BCUT2D eigenvalue weighted by molar-refractivity contribution is 7.21. The maximum Gasteiger partial charge on any atom is 0.404 e. The molecule has 0 spiro atoms. The van der Waals surface area contributed by atoms with Gasteiger partial charge < -0.3 is 29.7 Å². The molecule has 35 heavy (non-hydrogen) atoms. The van der Waals surface area contributed by atoms with Crippen LogP contribution in [-0.4, -0.2) is 52.9 Å². The lowest BCUT2D eigenvalue weighted by atomic mass is 10.0. The van der Waals surface area contributed by atoms with Crippen molar-refractivity contribution < 1.29 is 28.9 Å². The number of pyridine rings is 1. The van der Waals surface area contributed by atoms with Gasteiger partial charge in [-0.15, -0.1) is 11.3 Å². The monoisotopic (exact) mass is 503 g/mol. The van der Waals surface area contributed by atoms with Crippen LogP contribution in [0.4, 0.5) is 14.9 Å². The number of aromatic nitrogens is 1. The van der Waals surface area contributed by atoms with Crippen molar-refractivity contribution in [3.8, 4) is 11.5 Å². The van der Waals surface area contributed by atoms with E-state index in [1.54, 1.807) is 6.92 Å². The van der Waals surface area contributed by atoms with Gasteiger partial charge in [-0.2, -0.15) is 0 Å². The van der Waals surface area contributed by atoms with Crippen molar-refractivity contribution in [1.29, 1.82) is 0 Å². The number of nitrogens with one attached hydrogen (secondary N) is 1. The van der Waals surface area contributed by atoms with Gasteiger partial charge in [0.2, 0.25) is 5.43 Å². The number of amides is 1. The van der Waals surface area contributed by atoms with Crippen LogP contribution in [0.3, 0.4) is 0 Å². The number of aromatic hydroxyl groups is 1. The molecule has 1 amide bonds. The first-order valence-electron chi connectivity index (χ1n) is 11.5.